The van der Waals surface area contributed by atoms with E-state index in [-0.39, 0.29) is 0 Å². The highest BCUT2D eigenvalue weighted by atomic mass is 19.3. The van der Waals surface area contributed by atoms with Crippen LogP contribution in [0.5, 0.6) is 0 Å². The van der Waals surface area contributed by atoms with Gasteiger partial charge >= 0.3 is 17.7 Å². The van der Waals surface area contributed by atoms with Gasteiger partial charge in [-0.25, -0.2) is 18.0 Å². The molecule has 16 heavy (non-hydrogen) atoms. The first-order valence-electron chi connectivity index (χ1n) is 3.75. The average Bonchev–Trinajstić information content (AvgIpc) is 2.13. The number of hydrogen-bond acceptors (Lipinski definition) is 3. The molecule has 3 N–H and O–H groups in total. The zero-order valence-electron chi connectivity index (χ0n) is 7.29. The Morgan fingerprint density at radius 1 is 1.31 bits per heavy atom. The molecule has 0 fully saturated rings. The molecule has 1 rings (SSSR count). The molecule has 92 valence electrons. The highest BCUT2D eigenvalue weighted by Crippen LogP contribution is 2.50. The van der Waals surface area contributed by atoms with E-state index in [2.05, 4.69) is 0 Å². The Balaban J connectivity index is 3.50. The van der Waals surface area contributed by atoms with Crippen molar-refractivity contribution in [1.29, 1.82) is 0 Å². The molecule has 3 atom stereocenters. The fraction of sp³-hybridized carbons (Fsp3) is 0.571. The quantitative estimate of drug-likeness (QED) is 0.601. The van der Waals surface area contributed by atoms with Crippen LogP contribution in [0.3, 0.4) is 0 Å². The lowest BCUT2D eigenvalue weighted by Gasteiger charge is -2.40. The predicted octanol–water partition coefficient (Wildman–Crippen LogP) is 0.866. The molecule has 0 bridgehead atoms. The molecule has 0 aromatic heterocycles. The van der Waals surface area contributed by atoms with Crippen LogP contribution < -0.4 is 0 Å². The van der Waals surface area contributed by atoms with Crippen molar-refractivity contribution in [3.05, 3.63) is 11.8 Å². The molecule has 0 aromatic rings. The van der Waals surface area contributed by atoms with Crippen LogP contribution in [-0.2, 0) is 4.79 Å². The summed E-state index contributed by atoms with van der Waals surface area (Å²) in [5.41, 5.74) is -4.64. The first kappa shape index (κ1) is 12.7. The van der Waals surface area contributed by atoms with E-state index in [9.17, 15) is 26.7 Å². The van der Waals surface area contributed by atoms with Gasteiger partial charge in [0.25, 0.3) is 5.67 Å². The molecule has 0 amide bonds. The minimum absolute atomic E-state index is 0.641. The summed E-state index contributed by atoms with van der Waals surface area (Å²) in [5.74, 6) is -15.6. The number of carbonyl (C=O) groups is 1. The molecule has 1 aliphatic carbocycles. The Bertz CT molecular complexity index is 366. The number of allylic oxidation sites excluding steroid dienone is 1. The molecule has 0 radical (unpaired) electrons. The van der Waals surface area contributed by atoms with E-state index in [1.54, 1.807) is 0 Å². The molecule has 9 heteroatoms. The largest absolute Gasteiger partial charge is 0.509 e. The third-order valence-corrected chi connectivity index (χ3v) is 2.16. The summed E-state index contributed by atoms with van der Waals surface area (Å²) in [6.07, 6.45) is -4.37. The first-order valence-corrected chi connectivity index (χ1v) is 3.75. The van der Waals surface area contributed by atoms with Gasteiger partial charge < -0.3 is 15.3 Å². The fourth-order valence-corrected chi connectivity index (χ4v) is 1.17. The zero-order valence-corrected chi connectivity index (χ0v) is 7.29. The number of rotatable bonds is 1. The van der Waals surface area contributed by atoms with Gasteiger partial charge in [-0.05, 0) is 0 Å². The van der Waals surface area contributed by atoms with E-state index in [0.29, 0.717) is 0 Å². The maximum atomic E-state index is 13.3. The van der Waals surface area contributed by atoms with Crippen LogP contribution in [0.25, 0.3) is 0 Å². The van der Waals surface area contributed by atoms with Crippen LogP contribution in [0, 0.1) is 0 Å². The number of alkyl halides is 5. The van der Waals surface area contributed by atoms with Gasteiger partial charge in [-0.3, -0.25) is 0 Å². The van der Waals surface area contributed by atoms with Gasteiger partial charge in [-0.15, -0.1) is 0 Å². The van der Waals surface area contributed by atoms with Gasteiger partial charge in [-0.2, -0.15) is 8.78 Å². The van der Waals surface area contributed by atoms with Gasteiger partial charge in [0, 0.05) is 6.08 Å². The van der Waals surface area contributed by atoms with Gasteiger partial charge in [-0.1, -0.05) is 0 Å². The first-order chi connectivity index (χ1) is 6.98. The Morgan fingerprint density at radius 2 is 1.75 bits per heavy atom. The number of carboxylic acids is 1. The second-order valence-electron chi connectivity index (χ2n) is 3.19. The lowest BCUT2D eigenvalue weighted by molar-refractivity contribution is -0.320. The molecule has 0 saturated carbocycles. The summed E-state index contributed by atoms with van der Waals surface area (Å²) in [6, 6.07) is 0. The molecule has 0 saturated heterocycles. The van der Waals surface area contributed by atoms with E-state index in [1.807, 2.05) is 0 Å². The van der Waals surface area contributed by atoms with Crippen LogP contribution in [0.1, 0.15) is 0 Å². The summed E-state index contributed by atoms with van der Waals surface area (Å²) < 4.78 is 64.5. The van der Waals surface area contributed by atoms with Crippen molar-refractivity contribution in [3.8, 4) is 0 Å². The van der Waals surface area contributed by atoms with Crippen molar-refractivity contribution in [1.82, 2.24) is 0 Å². The van der Waals surface area contributed by atoms with E-state index in [0.717, 1.165) is 0 Å². The molecule has 3 unspecified atom stereocenters. The average molecular weight is 248 g/mol. The number of aliphatic hydroxyl groups is 2. The van der Waals surface area contributed by atoms with Crippen LogP contribution in [0.15, 0.2) is 11.8 Å². The Hall–Kier alpha value is -1.38. The van der Waals surface area contributed by atoms with Crippen LogP contribution in [0.4, 0.5) is 22.0 Å². The standard InChI is InChI=1S/C7H5F5O4/c8-3-2(13)1-5(9,4(14)15)7(12,16)6(3,10)11/h1,3,13,16H,(H,14,15). The molecule has 0 aromatic carbocycles. The number of carboxylic acid groups (broad SMARTS) is 1. The lowest BCUT2D eigenvalue weighted by atomic mass is 9.82. The number of aliphatic hydroxyl groups excluding tert-OH is 1. The third kappa shape index (κ3) is 1.20. The number of aliphatic carboxylic acids is 1. The summed E-state index contributed by atoms with van der Waals surface area (Å²) in [4.78, 5) is 10.2. The second kappa shape index (κ2) is 3.06. The van der Waals surface area contributed by atoms with Gasteiger partial charge in [0.2, 0.25) is 6.17 Å². The van der Waals surface area contributed by atoms with Crippen molar-refractivity contribution in [3.63, 3.8) is 0 Å². The fourth-order valence-electron chi connectivity index (χ4n) is 1.17. The topological polar surface area (TPSA) is 77.8 Å². The summed E-state index contributed by atoms with van der Waals surface area (Å²) in [5, 5.41) is 25.2. The van der Waals surface area contributed by atoms with Gasteiger partial charge in [0.15, 0.2) is 0 Å². The van der Waals surface area contributed by atoms with E-state index in [4.69, 9.17) is 15.3 Å². The summed E-state index contributed by atoms with van der Waals surface area (Å²) in [6.45, 7) is 0. The van der Waals surface area contributed by atoms with Gasteiger partial charge in [0.1, 0.15) is 5.76 Å². The van der Waals surface area contributed by atoms with E-state index in [1.165, 1.54) is 0 Å². The van der Waals surface area contributed by atoms with E-state index < -0.39 is 41.4 Å². The molecule has 0 aliphatic heterocycles. The maximum absolute atomic E-state index is 13.3. The number of halogens is 5. The monoisotopic (exact) mass is 248 g/mol. The highest BCUT2D eigenvalue weighted by Gasteiger charge is 2.77. The van der Waals surface area contributed by atoms with Gasteiger partial charge in [0.05, 0.1) is 0 Å². The van der Waals surface area contributed by atoms with E-state index >= 15 is 0 Å². The molecule has 4 nitrogen and oxygen atoms in total. The predicted molar refractivity (Wildman–Crippen MR) is 38.1 cm³/mol. The summed E-state index contributed by atoms with van der Waals surface area (Å²) >= 11 is 0. The Labute approximate surface area is 84.6 Å². The SMILES string of the molecule is O=C(O)C1(F)C=C(O)C(F)C(F)(F)C1(O)F. The van der Waals surface area contributed by atoms with Crippen molar-refractivity contribution >= 4 is 5.97 Å². The van der Waals surface area contributed by atoms with Crippen molar-refractivity contribution < 1.29 is 42.1 Å². The van der Waals surface area contributed by atoms with Crippen molar-refractivity contribution in [2.24, 2.45) is 0 Å². The lowest BCUT2D eigenvalue weighted by Crippen LogP contribution is -2.68. The highest BCUT2D eigenvalue weighted by molar-refractivity contribution is 5.82. The van der Waals surface area contributed by atoms with Crippen LogP contribution >= 0.6 is 0 Å². The second-order valence-corrected chi connectivity index (χ2v) is 3.19. The zero-order chi connectivity index (χ0) is 12.9. The molecule has 0 heterocycles. The van der Waals surface area contributed by atoms with Crippen molar-refractivity contribution in [2.75, 3.05) is 0 Å². The van der Waals surface area contributed by atoms with Crippen LogP contribution in [0.2, 0.25) is 0 Å². The van der Waals surface area contributed by atoms with Crippen molar-refractivity contribution in [2.45, 2.75) is 23.6 Å². The minimum Gasteiger partial charge on any atom is -0.509 e. The third-order valence-electron chi connectivity index (χ3n) is 2.16. The molecular formula is C7H5F5O4. The number of hydrogen-bond donors (Lipinski definition) is 3. The molecule has 0 spiro atoms. The minimum atomic E-state index is -5.43. The molecular weight excluding hydrogens is 243 g/mol. The normalized spacial score (nSPS) is 42.6. The molecule has 1 aliphatic rings. The smallest absolute Gasteiger partial charge is 0.352 e. The Morgan fingerprint density at radius 3 is 2.12 bits per heavy atom. The Kier molecular flexibility index (Phi) is 2.43. The van der Waals surface area contributed by atoms with Crippen LogP contribution in [-0.4, -0.2) is 44.9 Å². The summed E-state index contributed by atoms with van der Waals surface area (Å²) in [7, 11) is 0. The maximum Gasteiger partial charge on any atom is 0.352 e.